The Morgan fingerprint density at radius 3 is 2.62 bits per heavy atom. The molecule has 2 amide bonds. The standard InChI is InChI=1S/C25H23N3O6/c1-34-13-5-12-26-24(30)20-19-11-10-15-6-2-3-9-18(15)27(19)22(21(20)25(26)31)23(29)16-7-4-8-17(14-16)28(32)33/h2-4,6-11,14,19-22H,5,12-13H2,1H3/t19-,20+,21+,22+/m1/s1. The fourth-order valence-corrected chi connectivity index (χ4v) is 5.41. The molecule has 0 aromatic heterocycles. The maximum absolute atomic E-state index is 13.9. The lowest BCUT2D eigenvalue weighted by Crippen LogP contribution is -2.48. The third-order valence-electron chi connectivity index (χ3n) is 6.85. The highest BCUT2D eigenvalue weighted by molar-refractivity contribution is 6.14. The van der Waals surface area contributed by atoms with Crippen LogP contribution in [0.5, 0.6) is 0 Å². The highest BCUT2D eigenvalue weighted by atomic mass is 16.6. The van der Waals surface area contributed by atoms with E-state index in [2.05, 4.69) is 0 Å². The Kier molecular flexibility index (Phi) is 5.49. The number of carbonyl (C=O) groups excluding carboxylic acids is 3. The van der Waals surface area contributed by atoms with Gasteiger partial charge in [-0.15, -0.1) is 0 Å². The summed E-state index contributed by atoms with van der Waals surface area (Å²) < 4.78 is 5.06. The molecular weight excluding hydrogens is 438 g/mol. The van der Waals surface area contributed by atoms with Crippen LogP contribution in [-0.4, -0.2) is 59.8 Å². The summed E-state index contributed by atoms with van der Waals surface area (Å²) in [5, 5.41) is 11.3. The molecule has 3 heterocycles. The minimum atomic E-state index is -0.952. The van der Waals surface area contributed by atoms with Crippen molar-refractivity contribution in [3.8, 4) is 0 Å². The van der Waals surface area contributed by atoms with E-state index in [1.54, 1.807) is 7.11 Å². The molecule has 0 saturated carbocycles. The second-order valence-corrected chi connectivity index (χ2v) is 8.66. The van der Waals surface area contributed by atoms with E-state index in [-0.39, 0.29) is 29.6 Å². The average Bonchev–Trinajstić information content (AvgIpc) is 3.32. The van der Waals surface area contributed by atoms with Crippen LogP contribution < -0.4 is 4.90 Å². The zero-order valence-corrected chi connectivity index (χ0v) is 18.5. The van der Waals surface area contributed by atoms with Gasteiger partial charge in [-0.25, -0.2) is 0 Å². The molecule has 0 bridgehead atoms. The van der Waals surface area contributed by atoms with Crippen molar-refractivity contribution >= 4 is 35.0 Å². The van der Waals surface area contributed by atoms with Crippen molar-refractivity contribution in [1.82, 2.24) is 4.90 Å². The number of nitro groups is 1. The van der Waals surface area contributed by atoms with Gasteiger partial charge in [0, 0.05) is 43.6 Å². The van der Waals surface area contributed by atoms with Crippen LogP contribution in [0.4, 0.5) is 11.4 Å². The van der Waals surface area contributed by atoms with Crippen LogP contribution >= 0.6 is 0 Å². The number of rotatable bonds is 7. The molecule has 2 aromatic carbocycles. The maximum Gasteiger partial charge on any atom is 0.270 e. The third kappa shape index (κ3) is 3.31. The van der Waals surface area contributed by atoms with Crippen molar-refractivity contribution in [3.05, 3.63) is 75.8 Å². The number of fused-ring (bicyclic) bond motifs is 5. The molecule has 9 nitrogen and oxygen atoms in total. The van der Waals surface area contributed by atoms with Crippen molar-refractivity contribution in [2.24, 2.45) is 11.8 Å². The average molecular weight is 461 g/mol. The third-order valence-corrected chi connectivity index (χ3v) is 6.85. The van der Waals surface area contributed by atoms with Crippen LogP contribution in [0.3, 0.4) is 0 Å². The number of ketones is 1. The van der Waals surface area contributed by atoms with Crippen LogP contribution in [0.15, 0.2) is 54.6 Å². The molecule has 0 unspecified atom stereocenters. The summed E-state index contributed by atoms with van der Waals surface area (Å²) in [7, 11) is 1.55. The van der Waals surface area contributed by atoms with Gasteiger partial charge in [0.1, 0.15) is 6.04 Å². The van der Waals surface area contributed by atoms with Gasteiger partial charge in [0.15, 0.2) is 5.78 Å². The number of nitro benzene ring substituents is 1. The van der Waals surface area contributed by atoms with Gasteiger partial charge in [-0.3, -0.25) is 29.4 Å². The number of hydrogen-bond acceptors (Lipinski definition) is 7. The van der Waals surface area contributed by atoms with E-state index in [4.69, 9.17) is 4.74 Å². The molecule has 2 saturated heterocycles. The number of Topliss-reactive ketones (excluding diaryl/α,β-unsaturated/α-hetero) is 1. The van der Waals surface area contributed by atoms with Crippen LogP contribution in [-0.2, 0) is 14.3 Å². The van der Waals surface area contributed by atoms with Crippen molar-refractivity contribution in [2.45, 2.75) is 18.5 Å². The zero-order chi connectivity index (χ0) is 24.0. The summed E-state index contributed by atoms with van der Waals surface area (Å²) in [5.74, 6) is -2.66. The topological polar surface area (TPSA) is 110 Å². The molecule has 4 atom stereocenters. The van der Waals surface area contributed by atoms with Crippen molar-refractivity contribution in [3.63, 3.8) is 0 Å². The smallest absolute Gasteiger partial charge is 0.270 e. The second kappa shape index (κ2) is 8.49. The van der Waals surface area contributed by atoms with E-state index >= 15 is 0 Å². The Balaban J connectivity index is 1.59. The molecule has 5 rings (SSSR count). The first-order valence-electron chi connectivity index (χ1n) is 11.1. The molecular formula is C25H23N3O6. The molecule has 174 valence electrons. The van der Waals surface area contributed by atoms with Gasteiger partial charge in [0.2, 0.25) is 11.8 Å². The predicted molar refractivity (Wildman–Crippen MR) is 123 cm³/mol. The summed E-state index contributed by atoms with van der Waals surface area (Å²) in [4.78, 5) is 54.6. The van der Waals surface area contributed by atoms with Crippen LogP contribution in [0.2, 0.25) is 0 Å². The Morgan fingerprint density at radius 2 is 1.85 bits per heavy atom. The Bertz CT molecular complexity index is 1220. The van der Waals surface area contributed by atoms with Gasteiger partial charge >= 0.3 is 0 Å². The number of hydrogen-bond donors (Lipinski definition) is 0. The van der Waals surface area contributed by atoms with E-state index in [1.807, 2.05) is 41.3 Å². The summed E-state index contributed by atoms with van der Waals surface area (Å²) in [6.45, 7) is 0.633. The molecule has 0 spiro atoms. The number of nitrogens with zero attached hydrogens (tertiary/aromatic N) is 3. The lowest BCUT2D eigenvalue weighted by molar-refractivity contribution is -0.384. The molecule has 0 aliphatic carbocycles. The minimum Gasteiger partial charge on any atom is -0.385 e. The molecule has 2 aromatic rings. The largest absolute Gasteiger partial charge is 0.385 e. The maximum atomic E-state index is 13.9. The number of methoxy groups -OCH3 is 1. The fourth-order valence-electron chi connectivity index (χ4n) is 5.41. The summed E-state index contributed by atoms with van der Waals surface area (Å²) in [6, 6.07) is 11.6. The summed E-state index contributed by atoms with van der Waals surface area (Å²) in [5.41, 5.74) is 1.58. The van der Waals surface area contributed by atoms with E-state index in [1.165, 1.54) is 29.2 Å². The number of benzene rings is 2. The highest BCUT2D eigenvalue weighted by Gasteiger charge is 2.63. The number of ether oxygens (including phenoxy) is 1. The van der Waals surface area contributed by atoms with E-state index < -0.39 is 34.6 Å². The zero-order valence-electron chi connectivity index (χ0n) is 18.5. The molecule has 0 radical (unpaired) electrons. The van der Waals surface area contributed by atoms with Crippen LogP contribution in [0.1, 0.15) is 22.3 Å². The quantitative estimate of drug-likeness (QED) is 0.205. The van der Waals surface area contributed by atoms with Gasteiger partial charge in [-0.2, -0.15) is 0 Å². The fraction of sp³-hybridized carbons (Fsp3) is 0.320. The second-order valence-electron chi connectivity index (χ2n) is 8.66. The first-order valence-corrected chi connectivity index (χ1v) is 11.1. The number of non-ortho nitro benzene ring substituents is 1. The van der Waals surface area contributed by atoms with Gasteiger partial charge in [-0.05, 0) is 18.1 Å². The van der Waals surface area contributed by atoms with Crippen LogP contribution in [0.25, 0.3) is 6.08 Å². The minimum absolute atomic E-state index is 0.142. The monoisotopic (exact) mass is 461 g/mol. The number of carbonyl (C=O) groups is 3. The van der Waals surface area contributed by atoms with E-state index in [9.17, 15) is 24.5 Å². The van der Waals surface area contributed by atoms with Gasteiger partial charge in [-0.1, -0.05) is 42.5 Å². The van der Waals surface area contributed by atoms with Gasteiger partial charge in [0.25, 0.3) is 5.69 Å². The molecule has 2 fully saturated rings. The number of amides is 2. The lowest BCUT2D eigenvalue weighted by atomic mass is 9.86. The summed E-state index contributed by atoms with van der Waals surface area (Å²) in [6.07, 6.45) is 4.30. The molecule has 34 heavy (non-hydrogen) atoms. The molecule has 3 aliphatic rings. The van der Waals surface area contributed by atoms with E-state index in [0.29, 0.717) is 13.0 Å². The Hall–Kier alpha value is -3.85. The molecule has 3 aliphatic heterocycles. The normalized spacial score (nSPS) is 24.7. The SMILES string of the molecule is COCCCN1C(=O)[C@@H]2[C@H](C1=O)[C@@H](C(=O)c1cccc([N+](=O)[O-])c1)N1c3ccccc3C=C[C@H]21. The molecule has 9 heteroatoms. The van der Waals surface area contributed by atoms with Gasteiger partial charge < -0.3 is 9.64 Å². The Labute approximate surface area is 195 Å². The lowest BCUT2D eigenvalue weighted by Gasteiger charge is -2.36. The van der Waals surface area contributed by atoms with Crippen molar-refractivity contribution in [1.29, 1.82) is 0 Å². The predicted octanol–water partition coefficient (Wildman–Crippen LogP) is 2.70. The first kappa shape index (κ1) is 22.0. The number of para-hydroxylation sites is 1. The first-order chi connectivity index (χ1) is 16.4. The highest BCUT2D eigenvalue weighted by Crippen LogP contribution is 2.49. The molecule has 0 N–H and O–H groups in total. The van der Waals surface area contributed by atoms with E-state index in [0.717, 1.165) is 11.3 Å². The number of likely N-dealkylation sites (tertiary alicyclic amines) is 1. The van der Waals surface area contributed by atoms with Crippen molar-refractivity contribution in [2.75, 3.05) is 25.2 Å². The Morgan fingerprint density at radius 1 is 1.09 bits per heavy atom. The number of anilines is 1. The van der Waals surface area contributed by atoms with Crippen molar-refractivity contribution < 1.29 is 24.0 Å². The van der Waals surface area contributed by atoms with Gasteiger partial charge in [0.05, 0.1) is 22.8 Å². The van der Waals surface area contributed by atoms with Crippen LogP contribution in [0, 0.1) is 22.0 Å². The summed E-state index contributed by atoms with van der Waals surface area (Å²) >= 11 is 0. The number of imide groups is 1.